The normalized spacial score (nSPS) is 25.3. The van der Waals surface area contributed by atoms with Crippen LogP contribution in [-0.4, -0.2) is 31.6 Å². The summed E-state index contributed by atoms with van der Waals surface area (Å²) in [6.07, 6.45) is 2.64. The molecule has 1 N–H and O–H groups in total. The van der Waals surface area contributed by atoms with Crippen LogP contribution in [0.1, 0.15) is 31.4 Å². The van der Waals surface area contributed by atoms with Gasteiger partial charge in [-0.3, -0.25) is 4.90 Å². The summed E-state index contributed by atoms with van der Waals surface area (Å²) in [6.45, 7) is 5.73. The zero-order valence-corrected chi connectivity index (χ0v) is 12.9. The van der Waals surface area contributed by atoms with Crippen molar-refractivity contribution < 1.29 is 0 Å². The van der Waals surface area contributed by atoms with E-state index in [1.807, 2.05) is 0 Å². The standard InChI is InChI=1S/C15H23BrN2/c1-3-18-10-6-7-12(11-17-2)15(18)13-8-4-5-9-14(13)16/h4-5,8-9,12,15,17H,3,6-7,10-11H2,1-2H3. The van der Waals surface area contributed by atoms with Crippen LogP contribution in [0.4, 0.5) is 0 Å². The predicted octanol–water partition coefficient (Wildman–Crippen LogP) is 3.44. The summed E-state index contributed by atoms with van der Waals surface area (Å²) in [5.41, 5.74) is 1.44. The Labute approximate surface area is 119 Å². The number of hydrogen-bond donors (Lipinski definition) is 1. The highest BCUT2D eigenvalue weighted by Gasteiger charge is 2.32. The van der Waals surface area contributed by atoms with Crippen molar-refractivity contribution >= 4 is 15.9 Å². The van der Waals surface area contributed by atoms with Crippen molar-refractivity contribution in [1.29, 1.82) is 0 Å². The highest BCUT2D eigenvalue weighted by atomic mass is 79.9. The molecule has 0 saturated carbocycles. The number of nitrogens with one attached hydrogen (secondary N) is 1. The molecule has 0 radical (unpaired) electrons. The molecule has 0 spiro atoms. The Balaban J connectivity index is 2.30. The lowest BCUT2D eigenvalue weighted by molar-refractivity contribution is 0.0977. The first-order chi connectivity index (χ1) is 8.77. The van der Waals surface area contributed by atoms with Crippen LogP contribution in [0.25, 0.3) is 0 Å². The van der Waals surface area contributed by atoms with E-state index in [4.69, 9.17) is 0 Å². The molecule has 1 aromatic carbocycles. The number of halogens is 1. The molecule has 2 atom stereocenters. The van der Waals surface area contributed by atoms with Crippen molar-refractivity contribution in [1.82, 2.24) is 10.2 Å². The minimum Gasteiger partial charge on any atom is -0.319 e. The third-order valence-corrected chi connectivity index (χ3v) is 4.68. The molecule has 18 heavy (non-hydrogen) atoms. The summed E-state index contributed by atoms with van der Waals surface area (Å²) >= 11 is 3.72. The number of nitrogens with zero attached hydrogens (tertiary/aromatic N) is 1. The molecule has 2 nitrogen and oxygen atoms in total. The summed E-state index contributed by atoms with van der Waals surface area (Å²) in [5.74, 6) is 0.711. The van der Waals surface area contributed by atoms with Crippen molar-refractivity contribution in [2.24, 2.45) is 5.92 Å². The zero-order valence-electron chi connectivity index (χ0n) is 11.3. The Morgan fingerprint density at radius 3 is 2.83 bits per heavy atom. The van der Waals surface area contributed by atoms with E-state index in [1.54, 1.807) is 0 Å². The lowest BCUT2D eigenvalue weighted by atomic mass is 9.84. The molecule has 100 valence electrons. The van der Waals surface area contributed by atoms with E-state index >= 15 is 0 Å². The summed E-state index contributed by atoms with van der Waals surface area (Å²) in [6, 6.07) is 9.23. The summed E-state index contributed by atoms with van der Waals surface area (Å²) in [5, 5.41) is 3.36. The molecule has 1 aliphatic heterocycles. The van der Waals surface area contributed by atoms with Gasteiger partial charge in [-0.15, -0.1) is 0 Å². The smallest absolute Gasteiger partial charge is 0.0399 e. The van der Waals surface area contributed by atoms with Crippen molar-refractivity contribution in [3.63, 3.8) is 0 Å². The Morgan fingerprint density at radius 1 is 1.39 bits per heavy atom. The number of benzene rings is 1. The highest BCUT2D eigenvalue weighted by molar-refractivity contribution is 9.10. The van der Waals surface area contributed by atoms with Crippen LogP contribution in [-0.2, 0) is 0 Å². The van der Waals surface area contributed by atoms with Gasteiger partial charge in [0.1, 0.15) is 0 Å². The maximum atomic E-state index is 3.72. The number of likely N-dealkylation sites (tertiary alicyclic amines) is 1. The number of rotatable bonds is 4. The third kappa shape index (κ3) is 2.95. The largest absolute Gasteiger partial charge is 0.319 e. The van der Waals surface area contributed by atoms with Crippen LogP contribution in [0.3, 0.4) is 0 Å². The fourth-order valence-corrected chi connectivity index (χ4v) is 3.67. The average molecular weight is 311 g/mol. The van der Waals surface area contributed by atoms with Crippen LogP contribution in [0.15, 0.2) is 28.7 Å². The zero-order chi connectivity index (χ0) is 13.0. The lowest BCUT2D eigenvalue weighted by Gasteiger charge is -2.41. The van der Waals surface area contributed by atoms with E-state index in [1.165, 1.54) is 29.4 Å². The minimum atomic E-state index is 0.548. The molecule has 1 fully saturated rings. The summed E-state index contributed by atoms with van der Waals surface area (Å²) in [4.78, 5) is 2.62. The van der Waals surface area contributed by atoms with Gasteiger partial charge in [0.05, 0.1) is 0 Å². The monoisotopic (exact) mass is 310 g/mol. The maximum Gasteiger partial charge on any atom is 0.0399 e. The molecule has 0 aliphatic carbocycles. The Hall–Kier alpha value is -0.380. The molecular formula is C15H23BrN2. The fraction of sp³-hybridized carbons (Fsp3) is 0.600. The van der Waals surface area contributed by atoms with Gasteiger partial charge in [0.15, 0.2) is 0 Å². The van der Waals surface area contributed by atoms with Crippen LogP contribution < -0.4 is 5.32 Å². The van der Waals surface area contributed by atoms with Gasteiger partial charge in [0.2, 0.25) is 0 Å². The maximum absolute atomic E-state index is 3.72. The SMILES string of the molecule is CCN1CCCC(CNC)C1c1ccccc1Br. The second-order valence-corrected chi connectivity index (χ2v) is 5.91. The van der Waals surface area contributed by atoms with E-state index in [2.05, 4.69) is 64.4 Å². The van der Waals surface area contributed by atoms with E-state index in [0.717, 1.165) is 13.1 Å². The molecule has 1 heterocycles. The van der Waals surface area contributed by atoms with Gasteiger partial charge >= 0.3 is 0 Å². The van der Waals surface area contributed by atoms with E-state index in [0.29, 0.717) is 12.0 Å². The van der Waals surface area contributed by atoms with Gasteiger partial charge in [-0.05, 0) is 57.1 Å². The van der Waals surface area contributed by atoms with E-state index in [-0.39, 0.29) is 0 Å². The predicted molar refractivity (Wildman–Crippen MR) is 80.8 cm³/mol. The second-order valence-electron chi connectivity index (χ2n) is 5.05. The Bertz CT molecular complexity index is 379. The van der Waals surface area contributed by atoms with Crippen LogP contribution >= 0.6 is 15.9 Å². The molecule has 0 aromatic heterocycles. The quantitative estimate of drug-likeness (QED) is 0.916. The van der Waals surface area contributed by atoms with E-state index < -0.39 is 0 Å². The molecule has 2 unspecified atom stereocenters. The molecule has 0 amide bonds. The summed E-state index contributed by atoms with van der Waals surface area (Å²) in [7, 11) is 2.06. The number of piperidine rings is 1. The van der Waals surface area contributed by atoms with Crippen molar-refractivity contribution in [3.05, 3.63) is 34.3 Å². The van der Waals surface area contributed by atoms with Crippen molar-refractivity contribution in [3.8, 4) is 0 Å². The van der Waals surface area contributed by atoms with Gasteiger partial charge < -0.3 is 5.32 Å². The van der Waals surface area contributed by atoms with Crippen molar-refractivity contribution in [2.45, 2.75) is 25.8 Å². The fourth-order valence-electron chi connectivity index (χ4n) is 3.15. The molecule has 1 saturated heterocycles. The van der Waals surface area contributed by atoms with E-state index in [9.17, 15) is 0 Å². The molecular weight excluding hydrogens is 288 g/mol. The molecule has 0 bridgehead atoms. The topological polar surface area (TPSA) is 15.3 Å². The highest BCUT2D eigenvalue weighted by Crippen LogP contribution is 2.38. The summed E-state index contributed by atoms with van der Waals surface area (Å²) < 4.78 is 1.25. The molecule has 2 rings (SSSR count). The Kier molecular flexibility index (Phi) is 5.22. The molecule has 1 aromatic rings. The first-order valence-corrected chi connectivity index (χ1v) is 7.70. The van der Waals surface area contributed by atoms with Crippen LogP contribution in [0, 0.1) is 5.92 Å². The lowest BCUT2D eigenvalue weighted by Crippen LogP contribution is -2.42. The first-order valence-electron chi connectivity index (χ1n) is 6.91. The van der Waals surface area contributed by atoms with Crippen LogP contribution in [0.5, 0.6) is 0 Å². The van der Waals surface area contributed by atoms with Gasteiger partial charge in [0.25, 0.3) is 0 Å². The Morgan fingerprint density at radius 2 is 2.17 bits per heavy atom. The third-order valence-electron chi connectivity index (χ3n) is 3.96. The van der Waals surface area contributed by atoms with Gasteiger partial charge in [-0.1, -0.05) is 41.1 Å². The molecule has 1 aliphatic rings. The van der Waals surface area contributed by atoms with Gasteiger partial charge in [-0.2, -0.15) is 0 Å². The average Bonchev–Trinajstić information content (AvgIpc) is 2.40. The first kappa shape index (κ1) is 14.0. The van der Waals surface area contributed by atoms with Gasteiger partial charge in [0, 0.05) is 10.5 Å². The minimum absolute atomic E-state index is 0.548. The van der Waals surface area contributed by atoms with Crippen molar-refractivity contribution in [2.75, 3.05) is 26.7 Å². The molecule has 3 heteroatoms. The second kappa shape index (κ2) is 6.69. The number of hydrogen-bond acceptors (Lipinski definition) is 2. The van der Waals surface area contributed by atoms with Crippen LogP contribution in [0.2, 0.25) is 0 Å². The van der Waals surface area contributed by atoms with Gasteiger partial charge in [-0.25, -0.2) is 0 Å².